The average Bonchev–Trinajstić information content (AvgIpc) is 3.03. The molecule has 0 aliphatic carbocycles. The second kappa shape index (κ2) is 14.1. The second-order valence-electron chi connectivity index (χ2n) is 7.05. The van der Waals surface area contributed by atoms with Crippen LogP contribution in [0.3, 0.4) is 0 Å². The number of nitrogens with zero attached hydrogens (tertiary/aromatic N) is 3. The molecule has 1 aromatic heterocycles. The summed E-state index contributed by atoms with van der Waals surface area (Å²) in [5.74, 6) is 0. The SMILES string of the molecule is CCCCCCCCCCCCCCn1cc[n+](CC(C)=NO)c1. The summed E-state index contributed by atoms with van der Waals surface area (Å²) in [6.07, 6.45) is 22.9. The number of oxime groups is 1. The van der Waals surface area contributed by atoms with Crippen molar-refractivity contribution in [3.05, 3.63) is 18.7 Å². The fourth-order valence-electron chi connectivity index (χ4n) is 3.10. The van der Waals surface area contributed by atoms with Crippen molar-refractivity contribution in [3.63, 3.8) is 0 Å². The van der Waals surface area contributed by atoms with Gasteiger partial charge in [-0.15, -0.1) is 0 Å². The lowest BCUT2D eigenvalue weighted by atomic mass is 10.1. The van der Waals surface area contributed by atoms with E-state index in [0.29, 0.717) is 6.54 Å². The standard InChI is InChI=1S/C20H37N3O/c1-3-4-5-6-7-8-9-10-11-12-13-14-15-22-16-17-23(19-22)18-20(2)21-24/h16-17,19H,3-15,18H2,1-2H3/p+1. The van der Waals surface area contributed by atoms with Gasteiger partial charge >= 0.3 is 0 Å². The summed E-state index contributed by atoms with van der Waals surface area (Å²) in [6, 6.07) is 0. The number of hydrogen-bond acceptors (Lipinski definition) is 2. The smallest absolute Gasteiger partial charge is 0.244 e. The van der Waals surface area contributed by atoms with Crippen molar-refractivity contribution in [1.82, 2.24) is 4.57 Å². The summed E-state index contributed by atoms with van der Waals surface area (Å²) in [5.41, 5.74) is 0.725. The van der Waals surface area contributed by atoms with Gasteiger partial charge in [0.1, 0.15) is 18.9 Å². The van der Waals surface area contributed by atoms with Crippen molar-refractivity contribution in [1.29, 1.82) is 0 Å². The normalized spacial score (nSPS) is 12.0. The third-order valence-electron chi connectivity index (χ3n) is 4.60. The number of imidazole rings is 1. The summed E-state index contributed by atoms with van der Waals surface area (Å²) in [7, 11) is 0. The van der Waals surface area contributed by atoms with Crippen molar-refractivity contribution in [2.45, 2.75) is 104 Å². The van der Waals surface area contributed by atoms with E-state index >= 15 is 0 Å². The lowest BCUT2D eigenvalue weighted by Crippen LogP contribution is -2.34. The molecule has 0 aliphatic rings. The molecule has 0 saturated carbocycles. The molecule has 138 valence electrons. The van der Waals surface area contributed by atoms with E-state index in [1.807, 2.05) is 13.1 Å². The van der Waals surface area contributed by atoms with Crippen molar-refractivity contribution in [3.8, 4) is 0 Å². The number of aromatic nitrogens is 2. The molecule has 1 N–H and O–H groups in total. The van der Waals surface area contributed by atoms with Gasteiger partial charge in [0.2, 0.25) is 6.33 Å². The Bertz CT molecular complexity index is 440. The van der Waals surface area contributed by atoms with Gasteiger partial charge in [-0.2, -0.15) is 0 Å². The van der Waals surface area contributed by atoms with Gasteiger partial charge in [-0.1, -0.05) is 76.3 Å². The van der Waals surface area contributed by atoms with E-state index in [0.717, 1.165) is 12.3 Å². The van der Waals surface area contributed by atoms with E-state index in [1.54, 1.807) is 0 Å². The minimum absolute atomic E-state index is 0.655. The van der Waals surface area contributed by atoms with Gasteiger partial charge in [0.25, 0.3) is 0 Å². The van der Waals surface area contributed by atoms with Gasteiger partial charge < -0.3 is 5.21 Å². The first-order chi connectivity index (χ1) is 11.8. The predicted octanol–water partition coefficient (Wildman–Crippen LogP) is 5.33. The Morgan fingerprint density at radius 3 is 2.00 bits per heavy atom. The number of unbranched alkanes of at least 4 members (excludes halogenated alkanes) is 11. The monoisotopic (exact) mass is 336 g/mol. The number of aryl methyl sites for hydroxylation is 1. The maximum absolute atomic E-state index is 8.70. The van der Waals surface area contributed by atoms with Crippen LogP contribution >= 0.6 is 0 Å². The molecule has 0 amide bonds. The minimum Gasteiger partial charge on any atom is -0.411 e. The zero-order valence-corrected chi connectivity index (χ0v) is 15.9. The molecule has 4 nitrogen and oxygen atoms in total. The molecular weight excluding hydrogens is 298 g/mol. The van der Waals surface area contributed by atoms with Crippen LogP contribution in [0.2, 0.25) is 0 Å². The van der Waals surface area contributed by atoms with Crippen LogP contribution in [0.25, 0.3) is 0 Å². The Morgan fingerprint density at radius 2 is 1.46 bits per heavy atom. The fraction of sp³-hybridized carbons (Fsp3) is 0.800. The van der Waals surface area contributed by atoms with Crippen molar-refractivity contribution in [2.75, 3.05) is 0 Å². The highest BCUT2D eigenvalue weighted by atomic mass is 16.4. The molecule has 24 heavy (non-hydrogen) atoms. The minimum atomic E-state index is 0.655. The summed E-state index contributed by atoms with van der Waals surface area (Å²) in [6.45, 7) is 5.85. The van der Waals surface area contributed by atoms with E-state index < -0.39 is 0 Å². The maximum atomic E-state index is 8.70. The molecule has 0 unspecified atom stereocenters. The third-order valence-corrected chi connectivity index (χ3v) is 4.60. The fourth-order valence-corrected chi connectivity index (χ4v) is 3.10. The Labute approximate surface area is 148 Å². The highest BCUT2D eigenvalue weighted by Gasteiger charge is 2.05. The van der Waals surface area contributed by atoms with E-state index in [4.69, 9.17) is 5.21 Å². The van der Waals surface area contributed by atoms with Crippen molar-refractivity contribution < 1.29 is 9.77 Å². The molecule has 0 aromatic carbocycles. The van der Waals surface area contributed by atoms with Crippen LogP contribution in [0.5, 0.6) is 0 Å². The van der Waals surface area contributed by atoms with Gasteiger partial charge in [0.05, 0.1) is 12.3 Å². The van der Waals surface area contributed by atoms with Gasteiger partial charge in [0, 0.05) is 0 Å². The second-order valence-corrected chi connectivity index (χ2v) is 7.05. The zero-order valence-electron chi connectivity index (χ0n) is 15.9. The molecule has 0 saturated heterocycles. The van der Waals surface area contributed by atoms with E-state index in [9.17, 15) is 0 Å². The predicted molar refractivity (Wildman–Crippen MR) is 101 cm³/mol. The van der Waals surface area contributed by atoms with E-state index in [2.05, 4.69) is 33.7 Å². The number of hydrogen-bond donors (Lipinski definition) is 1. The van der Waals surface area contributed by atoms with Crippen LogP contribution in [-0.2, 0) is 13.1 Å². The largest absolute Gasteiger partial charge is 0.411 e. The summed E-state index contributed by atoms with van der Waals surface area (Å²) >= 11 is 0. The molecule has 0 fully saturated rings. The summed E-state index contributed by atoms with van der Waals surface area (Å²) in [4.78, 5) is 0. The van der Waals surface area contributed by atoms with E-state index in [-0.39, 0.29) is 0 Å². The molecule has 0 radical (unpaired) electrons. The van der Waals surface area contributed by atoms with Crippen molar-refractivity contribution >= 4 is 5.71 Å². The third kappa shape index (κ3) is 10.5. The highest BCUT2D eigenvalue weighted by Crippen LogP contribution is 2.12. The zero-order chi connectivity index (χ0) is 17.5. The number of rotatable bonds is 15. The van der Waals surface area contributed by atoms with Gasteiger partial charge in [-0.3, -0.25) is 0 Å². The molecule has 4 heteroatoms. The molecule has 1 rings (SSSR count). The first-order valence-electron chi connectivity index (χ1n) is 9.98. The Hall–Kier alpha value is -1.32. The quantitative estimate of drug-likeness (QED) is 0.152. The molecule has 0 atom stereocenters. The molecule has 0 aliphatic heterocycles. The Morgan fingerprint density at radius 1 is 0.917 bits per heavy atom. The van der Waals surface area contributed by atoms with Gasteiger partial charge in [-0.25, -0.2) is 9.13 Å². The molecule has 0 spiro atoms. The topological polar surface area (TPSA) is 41.4 Å². The first kappa shape index (κ1) is 20.7. The van der Waals surface area contributed by atoms with Crippen LogP contribution in [0.15, 0.2) is 23.9 Å². The first-order valence-corrected chi connectivity index (χ1v) is 9.98. The van der Waals surface area contributed by atoms with Gasteiger partial charge in [0.15, 0.2) is 0 Å². The summed E-state index contributed by atoms with van der Waals surface area (Å²) in [5, 5.41) is 11.9. The average molecular weight is 337 g/mol. The van der Waals surface area contributed by atoms with Crippen LogP contribution < -0.4 is 4.57 Å². The van der Waals surface area contributed by atoms with Crippen LogP contribution in [0.4, 0.5) is 0 Å². The molecular formula is C20H38N3O+. The van der Waals surface area contributed by atoms with Crippen LogP contribution in [0.1, 0.15) is 90.9 Å². The van der Waals surface area contributed by atoms with E-state index in [1.165, 1.54) is 77.0 Å². The Balaban J connectivity index is 1.92. The highest BCUT2D eigenvalue weighted by molar-refractivity contribution is 5.79. The van der Waals surface area contributed by atoms with Crippen molar-refractivity contribution in [2.24, 2.45) is 5.16 Å². The summed E-state index contributed by atoms with van der Waals surface area (Å²) < 4.78 is 4.27. The molecule has 1 heterocycles. The van der Waals surface area contributed by atoms with Crippen LogP contribution in [-0.4, -0.2) is 15.5 Å². The lowest BCUT2D eigenvalue weighted by Gasteiger charge is -2.02. The molecule has 1 aromatic rings. The molecule has 0 bridgehead atoms. The van der Waals surface area contributed by atoms with Gasteiger partial charge in [-0.05, 0) is 19.8 Å². The van der Waals surface area contributed by atoms with Crippen LogP contribution in [0, 0.1) is 0 Å². The maximum Gasteiger partial charge on any atom is 0.244 e. The lowest BCUT2D eigenvalue weighted by molar-refractivity contribution is -0.681. The Kier molecular flexibility index (Phi) is 12.1.